The fourth-order valence-electron chi connectivity index (χ4n) is 3.48. The van der Waals surface area contributed by atoms with Gasteiger partial charge in [0.1, 0.15) is 17.6 Å². The molecule has 1 aromatic carbocycles. The first-order valence-electron chi connectivity index (χ1n) is 9.61. The van der Waals surface area contributed by atoms with E-state index in [0.717, 1.165) is 0 Å². The summed E-state index contributed by atoms with van der Waals surface area (Å²) in [6.07, 6.45) is 0. The van der Waals surface area contributed by atoms with Crippen LogP contribution in [0.25, 0.3) is 0 Å². The Bertz CT molecular complexity index is 984. The van der Waals surface area contributed by atoms with E-state index in [1.165, 1.54) is 24.3 Å². The Morgan fingerprint density at radius 1 is 1.10 bits per heavy atom. The van der Waals surface area contributed by atoms with Gasteiger partial charge in [-0.25, -0.2) is 8.42 Å². The second-order valence-electron chi connectivity index (χ2n) is 7.48. The molecule has 1 aromatic heterocycles. The van der Waals surface area contributed by atoms with Crippen LogP contribution >= 0.6 is 0 Å². The summed E-state index contributed by atoms with van der Waals surface area (Å²) in [6.45, 7) is 6.28. The topological polar surface area (TPSA) is 94.6 Å². The molecule has 154 valence electrons. The number of hydrogen-bond acceptors (Lipinski definition) is 6. The lowest BCUT2D eigenvalue weighted by molar-refractivity contribution is 0.0547. The summed E-state index contributed by atoms with van der Waals surface area (Å²) >= 11 is 0. The van der Waals surface area contributed by atoms with Gasteiger partial charge in [-0.1, -0.05) is 32.0 Å². The first kappa shape index (κ1) is 21.1. The molecule has 1 fully saturated rings. The number of amides is 1. The second-order valence-corrected chi connectivity index (χ2v) is 9.47. The molecule has 0 aliphatic carbocycles. The van der Waals surface area contributed by atoms with E-state index < -0.39 is 9.84 Å². The third-order valence-electron chi connectivity index (χ3n) is 5.07. The standard InChI is InChI=1S/C21H25N3O4S/c1-16(2)19(14-22)23-10-12-24(13-11-23)21(25)20-9-8-17(28-20)15-29(26,27)18-6-4-3-5-7-18/h3-9,16,19H,10-13,15H2,1-2H3. The van der Waals surface area contributed by atoms with Gasteiger partial charge in [0.25, 0.3) is 5.91 Å². The second kappa shape index (κ2) is 8.80. The summed E-state index contributed by atoms with van der Waals surface area (Å²) < 4.78 is 30.5. The van der Waals surface area contributed by atoms with Crippen molar-refractivity contribution in [3.05, 3.63) is 54.0 Å². The molecule has 1 atom stereocenters. The quantitative estimate of drug-likeness (QED) is 0.720. The Balaban J connectivity index is 1.63. The van der Waals surface area contributed by atoms with Gasteiger partial charge in [-0.3, -0.25) is 9.69 Å². The molecule has 8 heteroatoms. The molecule has 7 nitrogen and oxygen atoms in total. The van der Waals surface area contributed by atoms with Crippen molar-refractivity contribution in [2.45, 2.75) is 30.5 Å². The Labute approximate surface area is 171 Å². The molecule has 0 saturated carbocycles. The number of hydrogen-bond donors (Lipinski definition) is 0. The predicted octanol–water partition coefficient (Wildman–Crippen LogP) is 2.56. The molecular weight excluding hydrogens is 390 g/mol. The average Bonchev–Trinajstić information content (AvgIpc) is 3.16. The fourth-order valence-corrected chi connectivity index (χ4v) is 4.75. The number of carbonyl (C=O) groups is 1. The third-order valence-corrected chi connectivity index (χ3v) is 6.72. The first-order valence-corrected chi connectivity index (χ1v) is 11.3. The van der Waals surface area contributed by atoms with E-state index in [1.807, 2.05) is 13.8 Å². The number of furan rings is 1. The predicted molar refractivity (Wildman–Crippen MR) is 108 cm³/mol. The highest BCUT2D eigenvalue weighted by Gasteiger charge is 2.29. The lowest BCUT2D eigenvalue weighted by Crippen LogP contribution is -2.52. The van der Waals surface area contributed by atoms with Crippen LogP contribution in [0.1, 0.15) is 30.2 Å². The minimum absolute atomic E-state index is 0.136. The third kappa shape index (κ3) is 4.86. The van der Waals surface area contributed by atoms with E-state index in [-0.39, 0.29) is 40.0 Å². The van der Waals surface area contributed by atoms with Crippen LogP contribution in [-0.2, 0) is 15.6 Å². The van der Waals surface area contributed by atoms with Gasteiger partial charge >= 0.3 is 0 Å². The first-order chi connectivity index (χ1) is 13.8. The molecule has 2 aromatic rings. The van der Waals surface area contributed by atoms with Crippen molar-refractivity contribution in [3.8, 4) is 6.07 Å². The molecule has 0 bridgehead atoms. The van der Waals surface area contributed by atoms with Gasteiger partial charge in [-0.15, -0.1) is 0 Å². The van der Waals surface area contributed by atoms with Crippen LogP contribution in [0, 0.1) is 17.2 Å². The van der Waals surface area contributed by atoms with E-state index in [0.29, 0.717) is 26.2 Å². The number of nitrogens with zero attached hydrogens (tertiary/aromatic N) is 3. The Hall–Kier alpha value is -2.63. The number of benzene rings is 1. The Morgan fingerprint density at radius 3 is 2.34 bits per heavy atom. The van der Waals surface area contributed by atoms with Gasteiger partial charge in [0.15, 0.2) is 15.6 Å². The van der Waals surface area contributed by atoms with Gasteiger partial charge in [-0.05, 0) is 30.2 Å². The lowest BCUT2D eigenvalue weighted by Gasteiger charge is -2.37. The highest BCUT2D eigenvalue weighted by atomic mass is 32.2. The summed E-state index contributed by atoms with van der Waals surface area (Å²) in [7, 11) is -3.53. The van der Waals surface area contributed by atoms with E-state index >= 15 is 0 Å². The van der Waals surface area contributed by atoms with E-state index in [9.17, 15) is 18.5 Å². The van der Waals surface area contributed by atoms with Crippen molar-refractivity contribution in [1.29, 1.82) is 5.26 Å². The van der Waals surface area contributed by atoms with E-state index in [1.54, 1.807) is 23.1 Å². The van der Waals surface area contributed by atoms with Crippen molar-refractivity contribution in [2.24, 2.45) is 5.92 Å². The van der Waals surface area contributed by atoms with Crippen LogP contribution in [0.3, 0.4) is 0 Å². The molecule has 0 radical (unpaired) electrons. The number of piperazine rings is 1. The maximum atomic E-state index is 12.7. The van der Waals surface area contributed by atoms with Gasteiger partial charge in [-0.2, -0.15) is 5.26 Å². The summed E-state index contributed by atoms with van der Waals surface area (Å²) in [5.74, 6) is 0.0427. The molecule has 2 heterocycles. The van der Waals surface area contributed by atoms with Crippen LogP contribution in [0.5, 0.6) is 0 Å². The number of rotatable bonds is 6. The summed E-state index contributed by atoms with van der Waals surface area (Å²) in [5, 5.41) is 9.34. The van der Waals surface area contributed by atoms with Gasteiger partial charge < -0.3 is 9.32 Å². The Kier molecular flexibility index (Phi) is 6.40. The molecule has 1 saturated heterocycles. The van der Waals surface area contributed by atoms with Crippen LogP contribution in [0.15, 0.2) is 51.8 Å². The number of sulfone groups is 1. The lowest BCUT2D eigenvalue weighted by atomic mass is 10.0. The Morgan fingerprint density at radius 2 is 1.76 bits per heavy atom. The summed E-state index contributed by atoms with van der Waals surface area (Å²) in [4.78, 5) is 16.7. The van der Waals surface area contributed by atoms with Crippen LogP contribution in [0.4, 0.5) is 0 Å². The molecule has 0 spiro atoms. The molecule has 3 rings (SSSR count). The van der Waals surface area contributed by atoms with Gasteiger partial charge in [0, 0.05) is 26.2 Å². The van der Waals surface area contributed by atoms with Crippen molar-refractivity contribution in [1.82, 2.24) is 9.80 Å². The molecule has 29 heavy (non-hydrogen) atoms. The van der Waals surface area contributed by atoms with E-state index in [2.05, 4.69) is 11.0 Å². The number of nitriles is 1. The average molecular weight is 416 g/mol. The zero-order valence-corrected chi connectivity index (χ0v) is 17.4. The molecule has 1 aliphatic rings. The smallest absolute Gasteiger partial charge is 0.289 e. The fraction of sp³-hybridized carbons (Fsp3) is 0.429. The van der Waals surface area contributed by atoms with Gasteiger partial charge in [0.2, 0.25) is 0 Å². The van der Waals surface area contributed by atoms with Crippen molar-refractivity contribution < 1.29 is 17.6 Å². The van der Waals surface area contributed by atoms with Crippen molar-refractivity contribution in [2.75, 3.05) is 26.2 Å². The maximum Gasteiger partial charge on any atom is 0.289 e. The SMILES string of the molecule is CC(C)C(C#N)N1CCN(C(=O)c2ccc(CS(=O)(=O)c3ccccc3)o2)CC1. The number of carbonyl (C=O) groups excluding carboxylic acids is 1. The zero-order chi connectivity index (χ0) is 21.0. The van der Waals surface area contributed by atoms with Crippen LogP contribution < -0.4 is 0 Å². The zero-order valence-electron chi connectivity index (χ0n) is 16.6. The molecule has 0 N–H and O–H groups in total. The molecule has 1 unspecified atom stereocenters. The van der Waals surface area contributed by atoms with Crippen LogP contribution in [0.2, 0.25) is 0 Å². The minimum atomic E-state index is -3.53. The van der Waals surface area contributed by atoms with Crippen molar-refractivity contribution >= 4 is 15.7 Å². The summed E-state index contributed by atoms with van der Waals surface area (Å²) in [5.41, 5.74) is 0. The molecule has 1 amide bonds. The van der Waals surface area contributed by atoms with Crippen molar-refractivity contribution in [3.63, 3.8) is 0 Å². The van der Waals surface area contributed by atoms with Gasteiger partial charge in [0.05, 0.1) is 11.0 Å². The highest BCUT2D eigenvalue weighted by molar-refractivity contribution is 7.90. The highest BCUT2D eigenvalue weighted by Crippen LogP contribution is 2.20. The largest absolute Gasteiger partial charge is 0.455 e. The normalized spacial score (nSPS) is 16.6. The molecular formula is C21H25N3O4S. The minimum Gasteiger partial charge on any atom is -0.455 e. The van der Waals surface area contributed by atoms with E-state index in [4.69, 9.17) is 4.42 Å². The monoisotopic (exact) mass is 415 g/mol. The maximum absolute atomic E-state index is 12.7. The summed E-state index contributed by atoms with van der Waals surface area (Å²) in [6, 6.07) is 13.4. The van der Waals surface area contributed by atoms with Crippen LogP contribution in [-0.4, -0.2) is 56.3 Å². The molecule has 1 aliphatic heterocycles.